The van der Waals surface area contributed by atoms with Gasteiger partial charge in [-0.2, -0.15) is 5.10 Å². The van der Waals surface area contributed by atoms with Gasteiger partial charge in [-0.1, -0.05) is 41.4 Å². The molecule has 1 heterocycles. The number of rotatable bonds is 3. The Hall–Kier alpha value is -2.39. The highest BCUT2D eigenvalue weighted by molar-refractivity contribution is 6.30. The predicted molar refractivity (Wildman–Crippen MR) is 94.0 cm³/mol. The summed E-state index contributed by atoms with van der Waals surface area (Å²) in [7, 11) is 0. The zero-order valence-electron chi connectivity index (χ0n) is 13.1. The van der Waals surface area contributed by atoms with E-state index >= 15 is 0 Å². The van der Waals surface area contributed by atoms with Crippen LogP contribution in [0.4, 0.5) is 0 Å². The maximum absolute atomic E-state index is 12.1. The minimum absolute atomic E-state index is 0.126. The van der Waals surface area contributed by atoms with E-state index in [9.17, 15) is 4.79 Å². The number of halogens is 1. The molecule has 0 spiro atoms. The molecule has 0 N–H and O–H groups in total. The summed E-state index contributed by atoms with van der Waals surface area (Å²) < 4.78 is 1.47. The van der Waals surface area contributed by atoms with Gasteiger partial charge in [0, 0.05) is 16.7 Å². The van der Waals surface area contributed by atoms with E-state index in [2.05, 4.69) is 23.3 Å². The third kappa shape index (κ3) is 3.51. The molecule has 3 nitrogen and oxygen atoms in total. The first-order chi connectivity index (χ1) is 11.0. The Labute approximate surface area is 140 Å². The smallest absolute Gasteiger partial charge is 0.267 e. The third-order valence-corrected chi connectivity index (χ3v) is 3.99. The van der Waals surface area contributed by atoms with Crippen LogP contribution in [0.3, 0.4) is 0 Å². The maximum Gasteiger partial charge on any atom is 0.267 e. The zero-order chi connectivity index (χ0) is 16.4. The van der Waals surface area contributed by atoms with Crippen LogP contribution in [0.1, 0.15) is 16.7 Å². The summed E-state index contributed by atoms with van der Waals surface area (Å²) in [6.07, 6.45) is 0. The molecule has 2 aromatic carbocycles. The molecular formula is C19H17ClN2O. The minimum Gasteiger partial charge on any atom is -0.268 e. The fourth-order valence-electron chi connectivity index (χ4n) is 2.53. The van der Waals surface area contributed by atoms with Gasteiger partial charge in [-0.25, -0.2) is 4.68 Å². The highest BCUT2D eigenvalue weighted by Crippen LogP contribution is 2.22. The van der Waals surface area contributed by atoms with Gasteiger partial charge in [0.25, 0.3) is 5.56 Å². The lowest BCUT2D eigenvalue weighted by Gasteiger charge is -2.10. The largest absolute Gasteiger partial charge is 0.268 e. The molecule has 0 radical (unpaired) electrons. The molecule has 1 aromatic heterocycles. The van der Waals surface area contributed by atoms with Gasteiger partial charge in [-0.05, 0) is 49.2 Å². The highest BCUT2D eigenvalue weighted by Gasteiger charge is 2.07. The first kappa shape index (κ1) is 15.5. The van der Waals surface area contributed by atoms with Crippen LogP contribution in [0.25, 0.3) is 11.3 Å². The number of nitrogens with zero attached hydrogens (tertiary/aromatic N) is 2. The minimum atomic E-state index is -0.126. The molecule has 4 heteroatoms. The van der Waals surface area contributed by atoms with Crippen LogP contribution in [0.2, 0.25) is 5.02 Å². The number of aromatic nitrogens is 2. The summed E-state index contributed by atoms with van der Waals surface area (Å²) in [6.45, 7) is 4.49. The first-order valence-corrected chi connectivity index (χ1v) is 7.81. The standard InChI is InChI=1S/C19H17ClN2O/c1-13-6-7-14(2)17(10-13)18-8-9-19(23)22(21-18)12-15-4-3-5-16(20)11-15/h3-11H,12H2,1-2H3. The fraction of sp³-hybridized carbons (Fsp3) is 0.158. The number of benzene rings is 2. The zero-order valence-corrected chi connectivity index (χ0v) is 13.8. The second kappa shape index (κ2) is 6.39. The summed E-state index contributed by atoms with van der Waals surface area (Å²) in [5.41, 5.74) is 4.97. The van der Waals surface area contributed by atoms with Gasteiger partial charge in [0.05, 0.1) is 12.2 Å². The van der Waals surface area contributed by atoms with Crippen LogP contribution in [0.5, 0.6) is 0 Å². The lowest BCUT2D eigenvalue weighted by Crippen LogP contribution is -2.22. The molecule has 0 fully saturated rings. The molecule has 116 valence electrons. The van der Waals surface area contributed by atoms with Crippen molar-refractivity contribution in [1.29, 1.82) is 0 Å². The van der Waals surface area contributed by atoms with Crippen molar-refractivity contribution in [3.8, 4) is 11.3 Å². The van der Waals surface area contributed by atoms with Crippen LogP contribution in [-0.2, 0) is 6.54 Å². The van der Waals surface area contributed by atoms with Gasteiger partial charge in [-0.15, -0.1) is 0 Å². The van der Waals surface area contributed by atoms with Crippen LogP contribution < -0.4 is 5.56 Å². The van der Waals surface area contributed by atoms with Crippen LogP contribution in [0, 0.1) is 13.8 Å². The Morgan fingerprint density at radius 3 is 2.65 bits per heavy atom. The van der Waals surface area contributed by atoms with Gasteiger partial charge in [-0.3, -0.25) is 4.79 Å². The molecule has 0 aliphatic rings. The van der Waals surface area contributed by atoms with Gasteiger partial charge in [0.2, 0.25) is 0 Å². The Kier molecular flexibility index (Phi) is 4.30. The quantitative estimate of drug-likeness (QED) is 0.722. The van der Waals surface area contributed by atoms with Gasteiger partial charge in [0.15, 0.2) is 0 Å². The summed E-state index contributed by atoms with van der Waals surface area (Å²) >= 11 is 6.01. The van der Waals surface area contributed by atoms with Gasteiger partial charge in [0.1, 0.15) is 0 Å². The second-order valence-corrected chi connectivity index (χ2v) is 6.10. The van der Waals surface area contributed by atoms with E-state index in [0.29, 0.717) is 11.6 Å². The van der Waals surface area contributed by atoms with Crippen molar-refractivity contribution in [2.24, 2.45) is 0 Å². The Balaban J connectivity index is 2.02. The number of hydrogen-bond acceptors (Lipinski definition) is 2. The number of aryl methyl sites for hydroxylation is 2. The lowest BCUT2D eigenvalue weighted by molar-refractivity contribution is 0.642. The molecule has 0 amide bonds. The third-order valence-electron chi connectivity index (χ3n) is 3.76. The molecule has 0 saturated heterocycles. The van der Waals surface area contributed by atoms with Crippen molar-refractivity contribution in [3.63, 3.8) is 0 Å². The van der Waals surface area contributed by atoms with Crippen LogP contribution >= 0.6 is 11.6 Å². The van der Waals surface area contributed by atoms with Crippen LogP contribution in [-0.4, -0.2) is 9.78 Å². The molecule has 0 aliphatic carbocycles. The van der Waals surface area contributed by atoms with Gasteiger partial charge >= 0.3 is 0 Å². The van der Waals surface area contributed by atoms with Crippen molar-refractivity contribution in [2.75, 3.05) is 0 Å². The normalized spacial score (nSPS) is 10.7. The summed E-state index contributed by atoms with van der Waals surface area (Å²) in [6, 6.07) is 17.0. The molecule has 0 unspecified atom stereocenters. The monoisotopic (exact) mass is 324 g/mol. The van der Waals surface area contributed by atoms with E-state index in [0.717, 1.165) is 22.4 Å². The maximum atomic E-state index is 12.1. The highest BCUT2D eigenvalue weighted by atomic mass is 35.5. The molecule has 0 aliphatic heterocycles. The van der Waals surface area contributed by atoms with Crippen molar-refractivity contribution >= 4 is 11.6 Å². The molecular weight excluding hydrogens is 308 g/mol. The molecule has 3 rings (SSSR count). The van der Waals surface area contributed by atoms with E-state index in [1.54, 1.807) is 12.1 Å². The first-order valence-electron chi connectivity index (χ1n) is 7.43. The van der Waals surface area contributed by atoms with Crippen molar-refractivity contribution in [2.45, 2.75) is 20.4 Å². The Morgan fingerprint density at radius 2 is 1.87 bits per heavy atom. The average Bonchev–Trinajstić information content (AvgIpc) is 2.52. The number of hydrogen-bond donors (Lipinski definition) is 0. The molecule has 23 heavy (non-hydrogen) atoms. The summed E-state index contributed by atoms with van der Waals surface area (Å²) in [4.78, 5) is 12.1. The lowest BCUT2D eigenvalue weighted by atomic mass is 10.0. The molecule has 3 aromatic rings. The van der Waals surface area contributed by atoms with E-state index in [4.69, 9.17) is 11.6 Å². The van der Waals surface area contributed by atoms with E-state index < -0.39 is 0 Å². The van der Waals surface area contributed by atoms with E-state index in [1.807, 2.05) is 38.1 Å². The molecule has 0 bridgehead atoms. The summed E-state index contributed by atoms with van der Waals surface area (Å²) in [5.74, 6) is 0. The Morgan fingerprint density at radius 1 is 1.04 bits per heavy atom. The van der Waals surface area contributed by atoms with E-state index in [-0.39, 0.29) is 5.56 Å². The fourth-order valence-corrected chi connectivity index (χ4v) is 2.74. The average molecular weight is 325 g/mol. The SMILES string of the molecule is Cc1ccc(C)c(-c2ccc(=O)n(Cc3cccc(Cl)c3)n2)c1. The Bertz CT molecular complexity index is 915. The molecule has 0 saturated carbocycles. The van der Waals surface area contributed by atoms with Crippen LogP contribution in [0.15, 0.2) is 59.4 Å². The van der Waals surface area contributed by atoms with Crippen molar-refractivity contribution < 1.29 is 0 Å². The second-order valence-electron chi connectivity index (χ2n) is 5.66. The molecule has 0 atom stereocenters. The van der Waals surface area contributed by atoms with Crippen molar-refractivity contribution in [3.05, 3.63) is 86.7 Å². The van der Waals surface area contributed by atoms with Crippen molar-refractivity contribution in [1.82, 2.24) is 9.78 Å². The van der Waals surface area contributed by atoms with E-state index in [1.165, 1.54) is 10.2 Å². The topological polar surface area (TPSA) is 34.9 Å². The predicted octanol–water partition coefficient (Wildman–Crippen LogP) is 4.23. The summed E-state index contributed by atoms with van der Waals surface area (Å²) in [5, 5.41) is 5.18. The van der Waals surface area contributed by atoms with Gasteiger partial charge < -0.3 is 0 Å².